The number of hydrogen-bond acceptors (Lipinski definition) is 4. The standard InChI is InChI=1S/C18H22F2N2O3.ClH/c19-12-1-3-15(20)14(9-12)17(23)11-5-7-22(8-6-11)18(24)16-4-2-13(10-21)25-16;/h1,3,9,11,13,16H,2,4-8,10,21H2;1H/t13-,16+;/m1./s1. The molecule has 2 aliphatic heterocycles. The number of Topliss-reactive ketones (excluding diaryl/α,β-unsaturated/α-hetero) is 1. The Kier molecular flexibility index (Phi) is 7.08. The number of nitrogens with zero attached hydrogens (tertiary/aromatic N) is 1. The molecule has 3 rings (SSSR count). The summed E-state index contributed by atoms with van der Waals surface area (Å²) < 4.78 is 32.7. The van der Waals surface area contributed by atoms with Crippen molar-refractivity contribution in [3.63, 3.8) is 0 Å². The molecule has 2 atom stereocenters. The van der Waals surface area contributed by atoms with Gasteiger partial charge in [0.1, 0.15) is 17.7 Å². The van der Waals surface area contributed by atoms with Crippen molar-refractivity contribution in [2.75, 3.05) is 19.6 Å². The number of amides is 1. The van der Waals surface area contributed by atoms with Crippen LogP contribution in [0.4, 0.5) is 8.78 Å². The summed E-state index contributed by atoms with van der Waals surface area (Å²) >= 11 is 0. The summed E-state index contributed by atoms with van der Waals surface area (Å²) in [5.74, 6) is -2.22. The Morgan fingerprint density at radius 2 is 1.85 bits per heavy atom. The summed E-state index contributed by atoms with van der Waals surface area (Å²) in [4.78, 5) is 26.6. The van der Waals surface area contributed by atoms with Crippen molar-refractivity contribution in [2.24, 2.45) is 11.7 Å². The van der Waals surface area contributed by atoms with Crippen LogP contribution in [0.15, 0.2) is 18.2 Å². The first-order valence-corrected chi connectivity index (χ1v) is 8.63. The number of hydrogen-bond donors (Lipinski definition) is 1. The third-order valence-corrected chi connectivity index (χ3v) is 5.02. The van der Waals surface area contributed by atoms with Crippen LogP contribution in [0, 0.1) is 17.6 Å². The molecule has 8 heteroatoms. The molecule has 0 aliphatic carbocycles. The van der Waals surface area contributed by atoms with Crippen LogP contribution in [-0.4, -0.2) is 48.4 Å². The third-order valence-electron chi connectivity index (χ3n) is 5.02. The van der Waals surface area contributed by atoms with Crippen LogP contribution in [0.2, 0.25) is 0 Å². The summed E-state index contributed by atoms with van der Waals surface area (Å²) in [6.45, 7) is 1.23. The first-order valence-electron chi connectivity index (χ1n) is 8.63. The quantitative estimate of drug-likeness (QED) is 0.803. The molecular formula is C18H23ClF2N2O3. The van der Waals surface area contributed by atoms with Gasteiger partial charge in [-0.2, -0.15) is 0 Å². The maximum absolute atomic E-state index is 13.8. The first-order chi connectivity index (χ1) is 12.0. The SMILES string of the molecule is Cl.NC[C@H]1CC[C@@H](C(=O)N2CCC(C(=O)c3cc(F)ccc3F)CC2)O1. The smallest absolute Gasteiger partial charge is 0.251 e. The number of halogens is 3. The van der Waals surface area contributed by atoms with E-state index in [9.17, 15) is 18.4 Å². The highest BCUT2D eigenvalue weighted by Gasteiger charge is 2.35. The van der Waals surface area contributed by atoms with E-state index in [1.54, 1.807) is 4.90 Å². The summed E-state index contributed by atoms with van der Waals surface area (Å²) in [5, 5.41) is 0. The van der Waals surface area contributed by atoms with Gasteiger partial charge in [-0.15, -0.1) is 12.4 Å². The lowest BCUT2D eigenvalue weighted by Crippen LogP contribution is -2.45. The van der Waals surface area contributed by atoms with Crippen molar-refractivity contribution in [1.82, 2.24) is 4.90 Å². The third kappa shape index (κ3) is 4.39. The van der Waals surface area contributed by atoms with Crippen molar-refractivity contribution in [3.05, 3.63) is 35.4 Å². The molecule has 2 N–H and O–H groups in total. The Balaban J connectivity index is 0.00000243. The summed E-state index contributed by atoms with van der Waals surface area (Å²) in [5.41, 5.74) is 5.35. The number of carbonyl (C=O) groups is 2. The summed E-state index contributed by atoms with van der Waals surface area (Å²) in [6, 6.07) is 2.89. The maximum Gasteiger partial charge on any atom is 0.251 e. The molecule has 2 saturated heterocycles. The van der Waals surface area contributed by atoms with Gasteiger partial charge in [0.2, 0.25) is 0 Å². The fourth-order valence-electron chi connectivity index (χ4n) is 3.53. The normalized spacial score (nSPS) is 23.6. The van der Waals surface area contributed by atoms with Gasteiger partial charge in [0, 0.05) is 25.6 Å². The molecule has 144 valence electrons. The molecule has 26 heavy (non-hydrogen) atoms. The molecule has 2 heterocycles. The van der Waals surface area contributed by atoms with Crippen LogP contribution in [0.5, 0.6) is 0 Å². The number of rotatable bonds is 4. The van der Waals surface area contributed by atoms with Crippen LogP contribution in [0.3, 0.4) is 0 Å². The minimum absolute atomic E-state index is 0. The zero-order valence-corrected chi connectivity index (χ0v) is 15.1. The Morgan fingerprint density at radius 1 is 1.15 bits per heavy atom. The maximum atomic E-state index is 13.8. The first kappa shape index (κ1) is 20.7. The van der Waals surface area contributed by atoms with Gasteiger partial charge < -0.3 is 15.4 Å². The highest BCUT2D eigenvalue weighted by Crippen LogP contribution is 2.26. The van der Waals surface area contributed by atoms with Crippen LogP contribution >= 0.6 is 12.4 Å². The second-order valence-electron chi connectivity index (χ2n) is 6.65. The Bertz CT molecular complexity index is 666. The van der Waals surface area contributed by atoms with Gasteiger partial charge in [0.05, 0.1) is 11.7 Å². The molecule has 1 amide bonds. The van der Waals surface area contributed by atoms with Crippen LogP contribution in [0.25, 0.3) is 0 Å². The monoisotopic (exact) mass is 388 g/mol. The highest BCUT2D eigenvalue weighted by molar-refractivity contribution is 5.98. The molecule has 5 nitrogen and oxygen atoms in total. The Hall–Kier alpha value is -1.57. The van der Waals surface area contributed by atoms with Crippen molar-refractivity contribution in [1.29, 1.82) is 0 Å². The van der Waals surface area contributed by atoms with Gasteiger partial charge in [-0.3, -0.25) is 9.59 Å². The number of likely N-dealkylation sites (tertiary alicyclic amines) is 1. The zero-order valence-electron chi connectivity index (χ0n) is 14.3. The number of ketones is 1. The predicted molar refractivity (Wildman–Crippen MR) is 94.2 cm³/mol. The largest absolute Gasteiger partial charge is 0.364 e. The minimum atomic E-state index is -0.711. The Morgan fingerprint density at radius 3 is 2.46 bits per heavy atom. The average Bonchev–Trinajstić information content (AvgIpc) is 3.12. The molecule has 1 aromatic rings. The molecule has 0 spiro atoms. The van der Waals surface area contributed by atoms with Crippen molar-refractivity contribution in [2.45, 2.75) is 37.9 Å². The van der Waals surface area contributed by atoms with Crippen LogP contribution in [-0.2, 0) is 9.53 Å². The van der Waals surface area contributed by atoms with E-state index in [2.05, 4.69) is 0 Å². The number of piperidine rings is 1. The zero-order chi connectivity index (χ0) is 18.0. The average molecular weight is 389 g/mol. The van der Waals surface area contributed by atoms with Crippen molar-refractivity contribution >= 4 is 24.1 Å². The summed E-state index contributed by atoms with van der Waals surface area (Å²) in [6.07, 6.45) is 1.79. The van der Waals surface area contributed by atoms with Gasteiger partial charge in [0.25, 0.3) is 5.91 Å². The van der Waals surface area contributed by atoms with E-state index in [1.807, 2.05) is 0 Å². The number of nitrogens with two attached hydrogens (primary N) is 1. The summed E-state index contributed by atoms with van der Waals surface area (Å²) in [7, 11) is 0. The van der Waals surface area contributed by atoms with E-state index in [0.717, 1.165) is 24.6 Å². The molecule has 1 aromatic carbocycles. The van der Waals surface area contributed by atoms with Crippen molar-refractivity contribution < 1.29 is 23.1 Å². The van der Waals surface area contributed by atoms with Gasteiger partial charge in [-0.25, -0.2) is 8.78 Å². The number of ether oxygens (including phenoxy) is 1. The topological polar surface area (TPSA) is 72.6 Å². The van der Waals surface area contributed by atoms with E-state index < -0.39 is 29.4 Å². The lowest BCUT2D eigenvalue weighted by Gasteiger charge is -2.33. The Labute approximate surface area is 157 Å². The van der Waals surface area contributed by atoms with Gasteiger partial charge in [-0.1, -0.05) is 0 Å². The lowest BCUT2D eigenvalue weighted by atomic mass is 9.88. The van der Waals surface area contributed by atoms with Crippen LogP contribution in [0.1, 0.15) is 36.0 Å². The van der Waals surface area contributed by atoms with E-state index in [-0.39, 0.29) is 30.0 Å². The molecule has 2 aliphatic rings. The second-order valence-corrected chi connectivity index (χ2v) is 6.65. The van der Waals surface area contributed by atoms with Crippen LogP contribution < -0.4 is 5.73 Å². The molecule has 0 bridgehead atoms. The second kappa shape index (κ2) is 8.88. The molecule has 0 aromatic heterocycles. The van der Waals surface area contributed by atoms with Gasteiger partial charge >= 0.3 is 0 Å². The highest BCUT2D eigenvalue weighted by atomic mass is 35.5. The molecule has 0 saturated carbocycles. The molecule has 0 unspecified atom stereocenters. The minimum Gasteiger partial charge on any atom is -0.364 e. The van der Waals surface area contributed by atoms with Crippen molar-refractivity contribution in [3.8, 4) is 0 Å². The van der Waals surface area contributed by atoms with Gasteiger partial charge in [-0.05, 0) is 43.9 Å². The molecular weight excluding hydrogens is 366 g/mol. The molecule has 2 fully saturated rings. The van der Waals surface area contributed by atoms with E-state index in [0.29, 0.717) is 38.9 Å². The molecule has 0 radical (unpaired) electrons. The fraction of sp³-hybridized carbons (Fsp3) is 0.556. The number of benzene rings is 1. The van der Waals surface area contributed by atoms with E-state index in [1.165, 1.54) is 0 Å². The fourth-order valence-corrected chi connectivity index (χ4v) is 3.53. The number of carbonyl (C=O) groups excluding carboxylic acids is 2. The predicted octanol–water partition coefficient (Wildman–Crippen LogP) is 2.31. The lowest BCUT2D eigenvalue weighted by molar-refractivity contribution is -0.144. The van der Waals surface area contributed by atoms with E-state index in [4.69, 9.17) is 10.5 Å². The van der Waals surface area contributed by atoms with E-state index >= 15 is 0 Å². The van der Waals surface area contributed by atoms with Gasteiger partial charge in [0.15, 0.2) is 5.78 Å².